The van der Waals surface area contributed by atoms with Gasteiger partial charge in [-0.25, -0.2) is 0 Å². The predicted molar refractivity (Wildman–Crippen MR) is 78.8 cm³/mol. The van der Waals surface area contributed by atoms with Gasteiger partial charge in [-0.3, -0.25) is 9.69 Å². The molecule has 0 spiro atoms. The first kappa shape index (κ1) is 14.3. The van der Waals surface area contributed by atoms with Crippen molar-refractivity contribution in [2.45, 2.75) is 19.9 Å². The van der Waals surface area contributed by atoms with E-state index in [0.29, 0.717) is 13.1 Å². The molecule has 0 heterocycles. The molecule has 20 heavy (non-hydrogen) atoms. The summed E-state index contributed by atoms with van der Waals surface area (Å²) in [6.07, 6.45) is 0.874. The number of benzene rings is 2. The SMILES string of the molecule is CCCN(CC(=O)O)Cc1c(O)ccc2ccccc12. The molecule has 0 aromatic heterocycles. The first-order chi connectivity index (χ1) is 9.61. The van der Waals surface area contributed by atoms with E-state index in [9.17, 15) is 9.90 Å². The number of aliphatic carboxylic acids is 1. The van der Waals surface area contributed by atoms with Crippen molar-refractivity contribution in [1.29, 1.82) is 0 Å². The van der Waals surface area contributed by atoms with Crippen LogP contribution in [0.4, 0.5) is 0 Å². The van der Waals surface area contributed by atoms with Crippen molar-refractivity contribution >= 4 is 16.7 Å². The van der Waals surface area contributed by atoms with Crippen molar-refractivity contribution < 1.29 is 15.0 Å². The normalized spacial score (nSPS) is 11.1. The van der Waals surface area contributed by atoms with Gasteiger partial charge in [0.25, 0.3) is 0 Å². The number of hydrogen-bond acceptors (Lipinski definition) is 3. The van der Waals surface area contributed by atoms with Crippen LogP contribution in [0.2, 0.25) is 0 Å². The van der Waals surface area contributed by atoms with Crippen LogP contribution < -0.4 is 0 Å². The Kier molecular flexibility index (Phi) is 4.58. The maximum absolute atomic E-state index is 10.9. The predicted octanol–water partition coefficient (Wildman–Crippen LogP) is 2.84. The van der Waals surface area contributed by atoms with Gasteiger partial charge >= 0.3 is 5.97 Å². The lowest BCUT2D eigenvalue weighted by molar-refractivity contribution is -0.138. The van der Waals surface area contributed by atoms with Gasteiger partial charge in [-0.05, 0) is 29.8 Å². The van der Waals surface area contributed by atoms with E-state index in [-0.39, 0.29) is 12.3 Å². The van der Waals surface area contributed by atoms with Gasteiger partial charge in [-0.1, -0.05) is 37.3 Å². The molecular formula is C16H19NO3. The zero-order chi connectivity index (χ0) is 14.5. The van der Waals surface area contributed by atoms with E-state index in [4.69, 9.17) is 5.11 Å². The smallest absolute Gasteiger partial charge is 0.317 e. The van der Waals surface area contributed by atoms with Crippen LogP contribution in [0.5, 0.6) is 5.75 Å². The molecule has 2 N–H and O–H groups in total. The Morgan fingerprint density at radius 3 is 2.65 bits per heavy atom. The number of phenolic OH excluding ortho intramolecular Hbond substituents is 1. The van der Waals surface area contributed by atoms with E-state index < -0.39 is 5.97 Å². The highest BCUT2D eigenvalue weighted by Gasteiger charge is 2.14. The first-order valence-corrected chi connectivity index (χ1v) is 6.75. The topological polar surface area (TPSA) is 60.8 Å². The molecule has 0 radical (unpaired) electrons. The van der Waals surface area contributed by atoms with Gasteiger partial charge in [0.1, 0.15) is 5.75 Å². The third kappa shape index (κ3) is 3.27. The molecule has 0 aliphatic heterocycles. The lowest BCUT2D eigenvalue weighted by Crippen LogP contribution is -2.30. The highest BCUT2D eigenvalue weighted by Crippen LogP contribution is 2.28. The summed E-state index contributed by atoms with van der Waals surface area (Å²) in [6.45, 7) is 3.12. The molecule has 0 saturated heterocycles. The van der Waals surface area contributed by atoms with Crippen molar-refractivity contribution in [2.75, 3.05) is 13.1 Å². The Balaban J connectivity index is 2.35. The summed E-state index contributed by atoms with van der Waals surface area (Å²) >= 11 is 0. The van der Waals surface area contributed by atoms with Gasteiger partial charge in [0.05, 0.1) is 6.54 Å². The minimum Gasteiger partial charge on any atom is -0.508 e. The number of rotatable bonds is 6. The molecule has 0 aliphatic rings. The monoisotopic (exact) mass is 273 g/mol. The number of phenols is 1. The second kappa shape index (κ2) is 6.39. The molecule has 0 aliphatic carbocycles. The van der Waals surface area contributed by atoms with Crippen molar-refractivity contribution in [1.82, 2.24) is 4.90 Å². The summed E-state index contributed by atoms with van der Waals surface area (Å²) in [5, 5.41) is 21.1. The molecule has 0 fully saturated rings. The number of carbonyl (C=O) groups is 1. The summed E-state index contributed by atoms with van der Waals surface area (Å²) in [6, 6.07) is 11.4. The van der Waals surface area contributed by atoms with Crippen molar-refractivity contribution in [2.24, 2.45) is 0 Å². The second-order valence-electron chi connectivity index (χ2n) is 4.89. The van der Waals surface area contributed by atoms with E-state index in [2.05, 4.69) is 0 Å². The fourth-order valence-corrected chi connectivity index (χ4v) is 2.44. The van der Waals surface area contributed by atoms with Gasteiger partial charge in [0.2, 0.25) is 0 Å². The number of carboxylic acid groups (broad SMARTS) is 1. The van der Waals surface area contributed by atoms with Crippen LogP contribution in [0.15, 0.2) is 36.4 Å². The van der Waals surface area contributed by atoms with Crippen LogP contribution in [-0.2, 0) is 11.3 Å². The number of aromatic hydroxyl groups is 1. The molecule has 4 heteroatoms. The number of hydrogen-bond donors (Lipinski definition) is 2. The minimum absolute atomic E-state index is 0.0174. The Morgan fingerprint density at radius 2 is 1.95 bits per heavy atom. The largest absolute Gasteiger partial charge is 0.508 e. The maximum Gasteiger partial charge on any atom is 0.317 e. The van der Waals surface area contributed by atoms with Gasteiger partial charge in [0.15, 0.2) is 0 Å². The van der Waals surface area contributed by atoms with Crippen LogP contribution >= 0.6 is 0 Å². The van der Waals surface area contributed by atoms with Crippen molar-refractivity contribution in [3.63, 3.8) is 0 Å². The average Bonchev–Trinajstić information content (AvgIpc) is 2.41. The number of nitrogens with zero attached hydrogens (tertiary/aromatic N) is 1. The molecule has 0 bridgehead atoms. The molecule has 2 aromatic carbocycles. The summed E-state index contributed by atoms with van der Waals surface area (Å²) in [5.41, 5.74) is 0.790. The summed E-state index contributed by atoms with van der Waals surface area (Å²) in [7, 11) is 0. The third-order valence-corrected chi connectivity index (χ3v) is 3.30. The lowest BCUT2D eigenvalue weighted by Gasteiger charge is -2.21. The zero-order valence-corrected chi connectivity index (χ0v) is 11.5. The van der Waals surface area contributed by atoms with E-state index in [1.54, 1.807) is 6.07 Å². The van der Waals surface area contributed by atoms with Crippen LogP contribution in [0.25, 0.3) is 10.8 Å². The summed E-state index contributed by atoms with van der Waals surface area (Å²) < 4.78 is 0. The van der Waals surface area contributed by atoms with Gasteiger partial charge < -0.3 is 10.2 Å². The zero-order valence-electron chi connectivity index (χ0n) is 11.5. The fraction of sp³-hybridized carbons (Fsp3) is 0.312. The second-order valence-corrected chi connectivity index (χ2v) is 4.89. The number of carboxylic acids is 1. The molecular weight excluding hydrogens is 254 g/mol. The Labute approximate surface area is 118 Å². The van der Waals surface area contributed by atoms with Crippen LogP contribution in [-0.4, -0.2) is 34.2 Å². The van der Waals surface area contributed by atoms with Crippen molar-refractivity contribution in [3.05, 3.63) is 42.0 Å². The minimum atomic E-state index is -0.849. The van der Waals surface area contributed by atoms with Gasteiger partial charge in [-0.15, -0.1) is 0 Å². The fourth-order valence-electron chi connectivity index (χ4n) is 2.44. The highest BCUT2D eigenvalue weighted by molar-refractivity contribution is 5.87. The first-order valence-electron chi connectivity index (χ1n) is 6.75. The van der Waals surface area contributed by atoms with Gasteiger partial charge in [-0.2, -0.15) is 0 Å². The molecule has 4 nitrogen and oxygen atoms in total. The summed E-state index contributed by atoms with van der Waals surface area (Å²) in [5.74, 6) is -0.631. The molecule has 0 unspecified atom stereocenters. The van der Waals surface area contributed by atoms with Gasteiger partial charge in [0, 0.05) is 12.1 Å². The van der Waals surface area contributed by atoms with Crippen molar-refractivity contribution in [3.8, 4) is 5.75 Å². The standard InChI is InChI=1S/C16H19NO3/c1-2-9-17(11-16(19)20)10-14-13-6-4-3-5-12(13)7-8-15(14)18/h3-8,18H,2,9-11H2,1H3,(H,19,20). The van der Waals surface area contributed by atoms with Crippen LogP contribution in [0, 0.1) is 0 Å². The van der Waals surface area contributed by atoms with Crippen LogP contribution in [0.3, 0.4) is 0 Å². The molecule has 0 atom stereocenters. The molecule has 0 amide bonds. The quantitative estimate of drug-likeness (QED) is 0.849. The average molecular weight is 273 g/mol. The Bertz CT molecular complexity index is 610. The van der Waals surface area contributed by atoms with Crippen LogP contribution in [0.1, 0.15) is 18.9 Å². The van der Waals surface area contributed by atoms with E-state index in [1.165, 1.54) is 0 Å². The molecule has 2 aromatic rings. The van der Waals surface area contributed by atoms with E-state index >= 15 is 0 Å². The van der Waals surface area contributed by atoms with E-state index in [0.717, 1.165) is 22.8 Å². The third-order valence-electron chi connectivity index (χ3n) is 3.30. The maximum atomic E-state index is 10.9. The Morgan fingerprint density at radius 1 is 1.20 bits per heavy atom. The molecule has 0 saturated carbocycles. The molecule has 106 valence electrons. The van der Waals surface area contributed by atoms with E-state index in [1.807, 2.05) is 42.2 Å². The summed E-state index contributed by atoms with van der Waals surface area (Å²) in [4.78, 5) is 12.8. The molecule has 2 rings (SSSR count). The highest BCUT2D eigenvalue weighted by atomic mass is 16.4. The lowest BCUT2D eigenvalue weighted by atomic mass is 10.0. The number of fused-ring (bicyclic) bond motifs is 1. The Hall–Kier alpha value is -2.07.